The number of para-hydroxylation sites is 1. The molecule has 1 atom stereocenters. The minimum Gasteiger partial charge on any atom is -0.496 e. The Labute approximate surface area is 119 Å². The number of amides is 1. The van der Waals surface area contributed by atoms with E-state index in [2.05, 4.69) is 0 Å². The highest BCUT2D eigenvalue weighted by Gasteiger charge is 2.21. The summed E-state index contributed by atoms with van der Waals surface area (Å²) in [4.78, 5) is 24.6. The lowest BCUT2D eigenvalue weighted by Crippen LogP contribution is -2.40. The first-order valence-corrected chi connectivity index (χ1v) is 6.62. The summed E-state index contributed by atoms with van der Waals surface area (Å²) in [5, 5.41) is 8.82. The monoisotopic (exact) mass is 279 g/mol. The van der Waals surface area contributed by atoms with Crippen LogP contribution < -0.4 is 4.74 Å². The van der Waals surface area contributed by atoms with Crippen molar-refractivity contribution >= 4 is 11.9 Å². The Morgan fingerprint density at radius 1 is 1.35 bits per heavy atom. The molecule has 0 aliphatic heterocycles. The maximum Gasteiger partial charge on any atom is 0.305 e. The summed E-state index contributed by atoms with van der Waals surface area (Å²) >= 11 is 0. The largest absolute Gasteiger partial charge is 0.496 e. The second kappa shape index (κ2) is 7.53. The molecule has 0 bridgehead atoms. The molecule has 0 aromatic heterocycles. The molecule has 0 spiro atoms. The highest BCUT2D eigenvalue weighted by atomic mass is 16.5. The standard InChI is InChI=1S/C15H21NO4/c1-4-16(11(2)9-15(18)19)14(17)10-12-7-5-6-8-13(12)20-3/h5-8,11H,4,9-10H2,1-3H3,(H,18,19). The van der Waals surface area contributed by atoms with Crippen LogP contribution in [0.2, 0.25) is 0 Å². The number of methoxy groups -OCH3 is 1. The second-order valence-corrected chi connectivity index (χ2v) is 4.62. The second-order valence-electron chi connectivity index (χ2n) is 4.62. The predicted molar refractivity (Wildman–Crippen MR) is 75.8 cm³/mol. The van der Waals surface area contributed by atoms with Crippen molar-refractivity contribution < 1.29 is 19.4 Å². The van der Waals surface area contributed by atoms with Crippen LogP contribution in [0.25, 0.3) is 0 Å². The lowest BCUT2D eigenvalue weighted by molar-refractivity contribution is -0.140. The summed E-state index contributed by atoms with van der Waals surface area (Å²) in [6.45, 7) is 4.08. The van der Waals surface area contributed by atoms with Crippen LogP contribution in [0.1, 0.15) is 25.8 Å². The van der Waals surface area contributed by atoms with Crippen LogP contribution in [0.4, 0.5) is 0 Å². The van der Waals surface area contributed by atoms with Crippen LogP contribution in [-0.2, 0) is 16.0 Å². The number of aliphatic carboxylic acids is 1. The van der Waals surface area contributed by atoms with Gasteiger partial charge < -0.3 is 14.7 Å². The van der Waals surface area contributed by atoms with Crippen LogP contribution >= 0.6 is 0 Å². The van der Waals surface area contributed by atoms with E-state index in [9.17, 15) is 9.59 Å². The van der Waals surface area contributed by atoms with Gasteiger partial charge in [-0.1, -0.05) is 18.2 Å². The molecule has 1 unspecified atom stereocenters. The van der Waals surface area contributed by atoms with Crippen LogP contribution in [-0.4, -0.2) is 41.6 Å². The SMILES string of the molecule is CCN(C(=O)Cc1ccccc1OC)C(C)CC(=O)O. The number of benzene rings is 1. The van der Waals surface area contributed by atoms with Crippen molar-refractivity contribution in [1.29, 1.82) is 0 Å². The number of carbonyl (C=O) groups is 2. The van der Waals surface area contributed by atoms with Crippen molar-refractivity contribution in [1.82, 2.24) is 4.90 Å². The number of hydrogen-bond donors (Lipinski definition) is 1. The highest BCUT2D eigenvalue weighted by Crippen LogP contribution is 2.19. The summed E-state index contributed by atoms with van der Waals surface area (Å²) in [6.07, 6.45) is 0.160. The fourth-order valence-electron chi connectivity index (χ4n) is 2.21. The summed E-state index contributed by atoms with van der Waals surface area (Å²) in [6, 6.07) is 7.02. The number of hydrogen-bond acceptors (Lipinski definition) is 3. The minimum absolute atomic E-state index is 0.0501. The first-order valence-electron chi connectivity index (χ1n) is 6.62. The zero-order valence-corrected chi connectivity index (χ0v) is 12.1. The van der Waals surface area contributed by atoms with Gasteiger partial charge in [-0.15, -0.1) is 0 Å². The van der Waals surface area contributed by atoms with Gasteiger partial charge >= 0.3 is 5.97 Å². The van der Waals surface area contributed by atoms with Crippen LogP contribution in [0.15, 0.2) is 24.3 Å². The Morgan fingerprint density at radius 2 is 2.00 bits per heavy atom. The van der Waals surface area contributed by atoms with Gasteiger partial charge in [0.25, 0.3) is 0 Å². The maximum atomic E-state index is 12.3. The minimum atomic E-state index is -0.902. The molecular formula is C15H21NO4. The molecule has 1 aromatic rings. The number of carboxylic acids is 1. The molecule has 1 rings (SSSR count). The van der Waals surface area contributed by atoms with Gasteiger partial charge in [-0.25, -0.2) is 0 Å². The third-order valence-corrected chi connectivity index (χ3v) is 3.20. The van der Waals surface area contributed by atoms with Crippen molar-refractivity contribution in [3.8, 4) is 5.75 Å². The van der Waals surface area contributed by atoms with E-state index in [4.69, 9.17) is 9.84 Å². The van der Waals surface area contributed by atoms with Crippen molar-refractivity contribution in [2.75, 3.05) is 13.7 Å². The Balaban J connectivity index is 2.79. The van der Waals surface area contributed by atoms with Gasteiger partial charge in [-0.3, -0.25) is 9.59 Å². The molecule has 0 aliphatic rings. The average molecular weight is 279 g/mol. The Morgan fingerprint density at radius 3 is 2.55 bits per heavy atom. The molecule has 110 valence electrons. The molecule has 0 saturated heterocycles. The molecule has 0 aliphatic carbocycles. The fraction of sp³-hybridized carbons (Fsp3) is 0.467. The third-order valence-electron chi connectivity index (χ3n) is 3.20. The number of likely N-dealkylation sites (N-methyl/N-ethyl adjacent to an activating group) is 1. The molecule has 1 aromatic carbocycles. The zero-order chi connectivity index (χ0) is 15.1. The summed E-state index contributed by atoms with van der Waals surface area (Å²) in [5.41, 5.74) is 0.806. The van der Waals surface area contributed by atoms with Gasteiger partial charge in [0.15, 0.2) is 0 Å². The Hall–Kier alpha value is -2.04. The smallest absolute Gasteiger partial charge is 0.305 e. The third kappa shape index (κ3) is 4.26. The number of carboxylic acid groups (broad SMARTS) is 1. The van der Waals surface area contributed by atoms with Gasteiger partial charge in [0.1, 0.15) is 5.75 Å². The van der Waals surface area contributed by atoms with Crippen molar-refractivity contribution in [3.05, 3.63) is 29.8 Å². The van der Waals surface area contributed by atoms with E-state index in [-0.39, 0.29) is 24.8 Å². The van der Waals surface area contributed by atoms with Gasteiger partial charge in [-0.2, -0.15) is 0 Å². The molecule has 0 radical (unpaired) electrons. The molecule has 0 saturated carbocycles. The molecular weight excluding hydrogens is 258 g/mol. The number of carbonyl (C=O) groups excluding carboxylic acids is 1. The van der Waals surface area contributed by atoms with Gasteiger partial charge in [0.05, 0.1) is 20.0 Å². The number of rotatable bonds is 7. The van der Waals surface area contributed by atoms with Gasteiger partial charge in [0, 0.05) is 18.2 Å². The first-order chi connectivity index (χ1) is 9.49. The fourth-order valence-corrected chi connectivity index (χ4v) is 2.21. The van der Waals surface area contributed by atoms with Crippen LogP contribution in [0.5, 0.6) is 5.75 Å². The summed E-state index contributed by atoms with van der Waals surface area (Å²) < 4.78 is 5.22. The lowest BCUT2D eigenvalue weighted by Gasteiger charge is -2.27. The van der Waals surface area contributed by atoms with Crippen molar-refractivity contribution in [3.63, 3.8) is 0 Å². The molecule has 20 heavy (non-hydrogen) atoms. The van der Waals surface area contributed by atoms with Gasteiger partial charge in [0.2, 0.25) is 5.91 Å². The van der Waals surface area contributed by atoms with E-state index in [0.29, 0.717) is 12.3 Å². The van der Waals surface area contributed by atoms with E-state index in [1.165, 1.54) is 0 Å². The van der Waals surface area contributed by atoms with Crippen LogP contribution in [0, 0.1) is 0 Å². The summed E-state index contributed by atoms with van der Waals surface area (Å²) in [7, 11) is 1.56. The highest BCUT2D eigenvalue weighted by molar-refractivity contribution is 5.80. The molecule has 0 fully saturated rings. The maximum absolute atomic E-state index is 12.3. The lowest BCUT2D eigenvalue weighted by atomic mass is 10.1. The van der Waals surface area contributed by atoms with E-state index < -0.39 is 5.97 Å². The molecule has 5 nitrogen and oxygen atoms in total. The summed E-state index contributed by atoms with van der Waals surface area (Å²) in [5.74, 6) is -0.324. The number of ether oxygens (including phenoxy) is 1. The Kier molecular flexibility index (Phi) is 6.03. The Bertz CT molecular complexity index is 473. The van der Waals surface area contributed by atoms with Gasteiger partial charge in [-0.05, 0) is 19.9 Å². The molecule has 1 N–H and O–H groups in total. The molecule has 0 heterocycles. The van der Waals surface area contributed by atoms with Crippen molar-refractivity contribution in [2.24, 2.45) is 0 Å². The quantitative estimate of drug-likeness (QED) is 0.828. The normalized spacial score (nSPS) is 11.8. The first kappa shape index (κ1) is 16.0. The van der Waals surface area contributed by atoms with E-state index in [0.717, 1.165) is 5.56 Å². The zero-order valence-electron chi connectivity index (χ0n) is 12.1. The van der Waals surface area contributed by atoms with E-state index in [1.54, 1.807) is 25.0 Å². The topological polar surface area (TPSA) is 66.8 Å². The van der Waals surface area contributed by atoms with E-state index in [1.807, 2.05) is 25.1 Å². The number of nitrogens with zero attached hydrogens (tertiary/aromatic N) is 1. The average Bonchev–Trinajstić information content (AvgIpc) is 2.39. The van der Waals surface area contributed by atoms with Crippen molar-refractivity contribution in [2.45, 2.75) is 32.7 Å². The predicted octanol–water partition coefficient (Wildman–Crippen LogP) is 1.95. The van der Waals surface area contributed by atoms with Crippen LogP contribution in [0.3, 0.4) is 0 Å². The van der Waals surface area contributed by atoms with E-state index >= 15 is 0 Å². The molecule has 1 amide bonds. The molecule has 5 heteroatoms.